The lowest BCUT2D eigenvalue weighted by Gasteiger charge is -2.22. The Morgan fingerprint density at radius 3 is 2.52 bits per heavy atom. The van der Waals surface area contributed by atoms with E-state index in [-0.39, 0.29) is 6.29 Å². The second kappa shape index (κ2) is 11.0. The molecule has 29 heavy (non-hydrogen) atoms. The van der Waals surface area contributed by atoms with E-state index in [0.717, 1.165) is 32.3 Å². The highest BCUT2D eigenvalue weighted by Gasteiger charge is 2.25. The summed E-state index contributed by atoms with van der Waals surface area (Å²) in [6.45, 7) is 6.92. The molecule has 1 fully saturated rings. The summed E-state index contributed by atoms with van der Waals surface area (Å²) in [5.41, 5.74) is -0.286. The van der Waals surface area contributed by atoms with Crippen LogP contribution < -0.4 is 10.1 Å². The van der Waals surface area contributed by atoms with Gasteiger partial charge in [0.1, 0.15) is 11.4 Å². The molecule has 0 aliphatic carbocycles. The third-order valence-corrected chi connectivity index (χ3v) is 4.12. The van der Waals surface area contributed by atoms with Crippen LogP contribution in [0.4, 0.5) is 4.79 Å². The molecule has 1 aromatic carbocycles. The minimum absolute atomic E-state index is 0.103. The summed E-state index contributed by atoms with van der Waals surface area (Å²) in [4.78, 5) is 23.4. The number of amides is 1. The Morgan fingerprint density at radius 1 is 1.21 bits per heavy atom. The summed E-state index contributed by atoms with van der Waals surface area (Å²) >= 11 is 0. The topological polar surface area (TPSA) is 103 Å². The second-order valence-electron chi connectivity index (χ2n) is 7.86. The maximum absolute atomic E-state index is 11.9. The van der Waals surface area contributed by atoms with Crippen molar-refractivity contribution in [2.75, 3.05) is 19.8 Å². The van der Waals surface area contributed by atoms with Crippen molar-refractivity contribution >= 4 is 12.1 Å². The fraction of sp³-hybridized carbons (Fsp3) is 0.619. The predicted octanol–water partition coefficient (Wildman–Crippen LogP) is 3.65. The summed E-state index contributed by atoms with van der Waals surface area (Å²) < 4.78 is 21.9. The molecule has 0 aromatic heterocycles. The third-order valence-electron chi connectivity index (χ3n) is 4.12. The van der Waals surface area contributed by atoms with Crippen LogP contribution in [0.5, 0.6) is 5.75 Å². The molecule has 2 N–H and O–H groups in total. The van der Waals surface area contributed by atoms with Crippen LogP contribution in [0.15, 0.2) is 24.3 Å². The molecule has 0 radical (unpaired) electrons. The summed E-state index contributed by atoms with van der Waals surface area (Å²) in [6.07, 6.45) is 2.99. The monoisotopic (exact) mass is 409 g/mol. The van der Waals surface area contributed by atoms with Gasteiger partial charge in [0.15, 0.2) is 12.3 Å². The number of carbonyl (C=O) groups is 2. The predicted molar refractivity (Wildman–Crippen MR) is 106 cm³/mol. The largest absolute Gasteiger partial charge is 0.494 e. The summed E-state index contributed by atoms with van der Waals surface area (Å²) in [5, 5.41) is 11.8. The van der Waals surface area contributed by atoms with Gasteiger partial charge in [-0.25, -0.2) is 9.59 Å². The summed E-state index contributed by atoms with van der Waals surface area (Å²) in [5.74, 6) is -0.560. The molecule has 1 heterocycles. The molecule has 162 valence electrons. The maximum Gasteiger partial charge on any atom is 0.408 e. The van der Waals surface area contributed by atoms with Crippen LogP contribution in [0, 0.1) is 0 Å². The molecular weight excluding hydrogens is 378 g/mol. The van der Waals surface area contributed by atoms with Gasteiger partial charge in [0.25, 0.3) is 0 Å². The fourth-order valence-electron chi connectivity index (χ4n) is 2.78. The van der Waals surface area contributed by atoms with Crippen LogP contribution in [-0.2, 0) is 19.0 Å². The van der Waals surface area contributed by atoms with Gasteiger partial charge >= 0.3 is 12.1 Å². The standard InChI is InChI=1S/C21H31NO7/c1-21(2,3)29-20(25)22-18(19(23)24)15-8-10-16(11-9-15)26-13-6-14-28-17-7-4-5-12-27-17/h8-11,17-18H,4-7,12-14H2,1-3H3,(H,22,25)(H,23,24)/t17-,18?/m1/s1. The van der Waals surface area contributed by atoms with E-state index in [1.165, 1.54) is 0 Å². The van der Waals surface area contributed by atoms with Gasteiger partial charge in [-0.3, -0.25) is 0 Å². The number of ether oxygens (including phenoxy) is 4. The van der Waals surface area contributed by atoms with Crippen molar-refractivity contribution in [3.63, 3.8) is 0 Å². The van der Waals surface area contributed by atoms with E-state index in [2.05, 4.69) is 5.32 Å². The Labute approximate surface area is 171 Å². The van der Waals surface area contributed by atoms with Gasteiger partial charge in [0.05, 0.1) is 13.2 Å². The Kier molecular flexibility index (Phi) is 8.72. The van der Waals surface area contributed by atoms with Crippen LogP contribution in [0.3, 0.4) is 0 Å². The number of hydrogen-bond acceptors (Lipinski definition) is 6. The van der Waals surface area contributed by atoms with Crippen LogP contribution in [0.1, 0.15) is 58.1 Å². The first-order chi connectivity index (χ1) is 13.7. The first-order valence-corrected chi connectivity index (χ1v) is 9.93. The highest BCUT2D eigenvalue weighted by molar-refractivity contribution is 5.81. The molecule has 2 rings (SSSR count). The van der Waals surface area contributed by atoms with Crippen molar-refractivity contribution in [1.29, 1.82) is 0 Å². The molecule has 0 spiro atoms. The Morgan fingerprint density at radius 2 is 1.93 bits per heavy atom. The Bertz CT molecular complexity index is 648. The van der Waals surface area contributed by atoms with E-state index in [1.807, 2.05) is 0 Å². The molecule has 1 saturated heterocycles. The van der Waals surface area contributed by atoms with Crippen LogP contribution in [0.2, 0.25) is 0 Å². The van der Waals surface area contributed by atoms with E-state index in [4.69, 9.17) is 18.9 Å². The Balaban J connectivity index is 1.77. The number of nitrogens with one attached hydrogen (secondary N) is 1. The average Bonchev–Trinajstić information content (AvgIpc) is 2.66. The number of benzene rings is 1. The number of hydrogen-bond donors (Lipinski definition) is 2. The van der Waals surface area contributed by atoms with Gasteiger partial charge in [-0.2, -0.15) is 0 Å². The molecule has 1 aliphatic rings. The smallest absolute Gasteiger partial charge is 0.408 e. The second-order valence-corrected chi connectivity index (χ2v) is 7.86. The SMILES string of the molecule is CC(C)(C)OC(=O)NC(C(=O)O)c1ccc(OCCCO[C@@H]2CCCCO2)cc1. The van der Waals surface area contributed by atoms with Gasteiger partial charge in [-0.1, -0.05) is 12.1 Å². The fourth-order valence-corrected chi connectivity index (χ4v) is 2.78. The maximum atomic E-state index is 11.9. The van der Waals surface area contributed by atoms with Crippen LogP contribution >= 0.6 is 0 Å². The molecular formula is C21H31NO7. The van der Waals surface area contributed by atoms with E-state index in [9.17, 15) is 14.7 Å². The first-order valence-electron chi connectivity index (χ1n) is 9.93. The molecule has 0 bridgehead atoms. The van der Waals surface area contributed by atoms with E-state index in [0.29, 0.717) is 24.5 Å². The van der Waals surface area contributed by atoms with Crippen molar-refractivity contribution in [3.05, 3.63) is 29.8 Å². The zero-order chi connectivity index (χ0) is 21.3. The minimum Gasteiger partial charge on any atom is -0.494 e. The van der Waals surface area contributed by atoms with Crippen LogP contribution in [-0.4, -0.2) is 48.9 Å². The number of carbonyl (C=O) groups excluding carboxylic acids is 1. The Hall–Kier alpha value is -2.32. The number of alkyl carbamates (subject to hydrolysis) is 1. The van der Waals surface area contributed by atoms with E-state index >= 15 is 0 Å². The van der Waals surface area contributed by atoms with Crippen molar-refractivity contribution < 1.29 is 33.6 Å². The lowest BCUT2D eigenvalue weighted by Crippen LogP contribution is -2.38. The normalized spacial score (nSPS) is 18.0. The minimum atomic E-state index is -1.21. The molecule has 1 aromatic rings. The van der Waals surface area contributed by atoms with Crippen LogP contribution in [0.25, 0.3) is 0 Å². The van der Waals surface area contributed by atoms with Crippen molar-refractivity contribution in [2.24, 2.45) is 0 Å². The highest BCUT2D eigenvalue weighted by Crippen LogP contribution is 2.20. The lowest BCUT2D eigenvalue weighted by molar-refractivity contribution is -0.163. The molecule has 2 atom stereocenters. The quantitative estimate of drug-likeness (QED) is 0.600. The first kappa shape index (κ1) is 23.0. The van der Waals surface area contributed by atoms with Gasteiger partial charge < -0.3 is 29.4 Å². The number of carboxylic acid groups (broad SMARTS) is 1. The molecule has 0 saturated carbocycles. The lowest BCUT2D eigenvalue weighted by atomic mass is 10.1. The van der Waals surface area contributed by atoms with Crippen molar-refractivity contribution in [1.82, 2.24) is 5.32 Å². The third kappa shape index (κ3) is 8.70. The van der Waals surface area contributed by atoms with E-state index in [1.54, 1.807) is 45.0 Å². The van der Waals surface area contributed by atoms with Gasteiger partial charge in [0, 0.05) is 13.0 Å². The summed E-state index contributed by atoms with van der Waals surface area (Å²) in [6, 6.07) is 5.36. The molecule has 1 amide bonds. The molecule has 8 heteroatoms. The van der Waals surface area contributed by atoms with Crippen molar-refractivity contribution in [3.8, 4) is 5.75 Å². The summed E-state index contributed by atoms with van der Waals surface area (Å²) in [7, 11) is 0. The number of rotatable bonds is 9. The number of aliphatic carboxylic acids is 1. The van der Waals surface area contributed by atoms with Gasteiger partial charge in [-0.05, 0) is 57.7 Å². The molecule has 1 unspecified atom stereocenters. The highest BCUT2D eigenvalue weighted by atomic mass is 16.7. The average molecular weight is 409 g/mol. The molecule has 8 nitrogen and oxygen atoms in total. The van der Waals surface area contributed by atoms with Gasteiger partial charge in [0.2, 0.25) is 0 Å². The molecule has 1 aliphatic heterocycles. The number of carboxylic acids is 1. The van der Waals surface area contributed by atoms with E-state index < -0.39 is 23.7 Å². The van der Waals surface area contributed by atoms with Crippen molar-refractivity contribution in [2.45, 2.75) is 64.4 Å². The van der Waals surface area contributed by atoms with Gasteiger partial charge in [-0.15, -0.1) is 0 Å². The zero-order valence-electron chi connectivity index (χ0n) is 17.3. The zero-order valence-corrected chi connectivity index (χ0v) is 17.3.